The van der Waals surface area contributed by atoms with E-state index in [0.717, 1.165) is 65.9 Å². The largest absolute Gasteiger partial charge is 0.489 e. The van der Waals surface area contributed by atoms with E-state index in [1.807, 2.05) is 36.9 Å². The van der Waals surface area contributed by atoms with E-state index in [1.54, 1.807) is 6.20 Å². The van der Waals surface area contributed by atoms with Crippen LogP contribution in [0.3, 0.4) is 0 Å². The minimum atomic E-state index is -0.0540. The zero-order valence-corrected chi connectivity index (χ0v) is 18.1. The van der Waals surface area contributed by atoms with Gasteiger partial charge in [0.15, 0.2) is 6.23 Å². The van der Waals surface area contributed by atoms with Crippen molar-refractivity contribution in [1.29, 1.82) is 0 Å². The summed E-state index contributed by atoms with van der Waals surface area (Å²) in [5.41, 5.74) is 2.81. The summed E-state index contributed by atoms with van der Waals surface area (Å²) >= 11 is 0. The summed E-state index contributed by atoms with van der Waals surface area (Å²) in [6, 6.07) is 8.14. The van der Waals surface area contributed by atoms with Gasteiger partial charge in [-0.2, -0.15) is 5.10 Å². The molecule has 0 N–H and O–H groups in total. The SMILES string of the molecule is C[C@H]1CCOC[C@H](C)Oc2ccc3c(c2)c(nn3C2CCCCO2)-c2cncc(c2)O1. The number of hydrogen-bond donors (Lipinski definition) is 0. The van der Waals surface area contributed by atoms with Crippen LogP contribution in [0.4, 0.5) is 0 Å². The molecule has 2 aliphatic heterocycles. The average Bonchev–Trinajstić information content (AvgIpc) is 3.16. The van der Waals surface area contributed by atoms with Crippen molar-refractivity contribution in [2.24, 2.45) is 0 Å². The second-order valence-electron chi connectivity index (χ2n) is 8.42. The van der Waals surface area contributed by atoms with Crippen LogP contribution in [0.15, 0.2) is 36.7 Å². The van der Waals surface area contributed by atoms with Gasteiger partial charge < -0.3 is 18.9 Å². The van der Waals surface area contributed by atoms with E-state index < -0.39 is 0 Å². The normalized spacial score (nSPS) is 24.8. The number of benzene rings is 1. The highest BCUT2D eigenvalue weighted by atomic mass is 16.5. The summed E-state index contributed by atoms with van der Waals surface area (Å²) in [6.07, 6.45) is 7.49. The van der Waals surface area contributed by atoms with Crippen molar-refractivity contribution < 1.29 is 18.9 Å². The van der Waals surface area contributed by atoms with Gasteiger partial charge in [0, 0.05) is 30.2 Å². The molecule has 164 valence electrons. The molecule has 1 unspecified atom stereocenters. The van der Waals surface area contributed by atoms with Crippen molar-refractivity contribution in [3.63, 3.8) is 0 Å². The topological polar surface area (TPSA) is 67.6 Å². The molecule has 0 radical (unpaired) electrons. The van der Waals surface area contributed by atoms with Gasteiger partial charge in [0.2, 0.25) is 0 Å². The maximum absolute atomic E-state index is 6.15. The highest BCUT2D eigenvalue weighted by Gasteiger charge is 2.23. The molecule has 5 rings (SSSR count). The van der Waals surface area contributed by atoms with Gasteiger partial charge in [-0.3, -0.25) is 4.98 Å². The molecule has 7 nitrogen and oxygen atoms in total. The predicted molar refractivity (Wildman–Crippen MR) is 117 cm³/mol. The van der Waals surface area contributed by atoms with Crippen molar-refractivity contribution in [3.05, 3.63) is 36.7 Å². The molecule has 31 heavy (non-hydrogen) atoms. The van der Waals surface area contributed by atoms with Crippen LogP contribution in [0, 0.1) is 0 Å². The fourth-order valence-electron chi connectivity index (χ4n) is 4.21. The second kappa shape index (κ2) is 8.85. The second-order valence-corrected chi connectivity index (χ2v) is 8.42. The Bertz CT molecular complexity index is 1040. The quantitative estimate of drug-likeness (QED) is 0.563. The lowest BCUT2D eigenvalue weighted by molar-refractivity contribution is -0.0365. The molecule has 7 heteroatoms. The maximum atomic E-state index is 6.15. The Balaban J connectivity index is 1.63. The lowest BCUT2D eigenvalue weighted by Gasteiger charge is -2.23. The lowest BCUT2D eigenvalue weighted by atomic mass is 10.1. The third-order valence-corrected chi connectivity index (χ3v) is 5.79. The van der Waals surface area contributed by atoms with Gasteiger partial charge >= 0.3 is 0 Å². The molecule has 2 aliphatic rings. The average molecular weight is 424 g/mol. The van der Waals surface area contributed by atoms with E-state index >= 15 is 0 Å². The van der Waals surface area contributed by atoms with Crippen molar-refractivity contribution in [2.75, 3.05) is 19.8 Å². The number of fused-ring (bicyclic) bond motifs is 4. The van der Waals surface area contributed by atoms with Crippen LogP contribution in [0.2, 0.25) is 0 Å². The first-order chi connectivity index (χ1) is 15.2. The van der Waals surface area contributed by atoms with Crippen LogP contribution in [0.5, 0.6) is 11.5 Å². The molecular formula is C24H29N3O4. The monoisotopic (exact) mass is 423 g/mol. The van der Waals surface area contributed by atoms with E-state index in [-0.39, 0.29) is 18.4 Å². The molecule has 1 saturated heterocycles. The fourth-order valence-corrected chi connectivity index (χ4v) is 4.21. The van der Waals surface area contributed by atoms with E-state index in [4.69, 9.17) is 24.0 Å². The van der Waals surface area contributed by atoms with Gasteiger partial charge in [-0.25, -0.2) is 4.68 Å². The zero-order chi connectivity index (χ0) is 21.2. The number of aromatic nitrogens is 3. The third kappa shape index (κ3) is 4.38. The maximum Gasteiger partial charge on any atom is 0.150 e. The summed E-state index contributed by atoms with van der Waals surface area (Å²) in [5, 5.41) is 6.01. The van der Waals surface area contributed by atoms with Crippen LogP contribution >= 0.6 is 0 Å². The molecule has 2 aromatic heterocycles. The van der Waals surface area contributed by atoms with Gasteiger partial charge in [0.25, 0.3) is 0 Å². The number of rotatable bonds is 1. The van der Waals surface area contributed by atoms with Gasteiger partial charge in [0.1, 0.15) is 23.3 Å². The molecule has 4 heterocycles. The molecule has 0 spiro atoms. The number of hydrogen-bond acceptors (Lipinski definition) is 6. The number of ether oxygens (including phenoxy) is 4. The first kappa shape index (κ1) is 20.3. The summed E-state index contributed by atoms with van der Waals surface area (Å²) < 4.78 is 26.1. The molecule has 1 fully saturated rings. The van der Waals surface area contributed by atoms with Crippen LogP contribution in [-0.4, -0.2) is 46.8 Å². The molecular weight excluding hydrogens is 394 g/mol. The summed E-state index contributed by atoms with van der Waals surface area (Å²) in [4.78, 5) is 4.42. The summed E-state index contributed by atoms with van der Waals surface area (Å²) in [5.74, 6) is 1.54. The Labute approximate surface area is 182 Å². The molecule has 4 bridgehead atoms. The van der Waals surface area contributed by atoms with E-state index in [9.17, 15) is 0 Å². The highest BCUT2D eigenvalue weighted by Crippen LogP contribution is 2.35. The van der Waals surface area contributed by atoms with Crippen molar-refractivity contribution >= 4 is 10.9 Å². The lowest BCUT2D eigenvalue weighted by Crippen LogP contribution is -2.21. The van der Waals surface area contributed by atoms with Crippen LogP contribution in [0.25, 0.3) is 22.2 Å². The Morgan fingerprint density at radius 3 is 2.71 bits per heavy atom. The van der Waals surface area contributed by atoms with Crippen LogP contribution in [-0.2, 0) is 9.47 Å². The molecule has 0 aliphatic carbocycles. The van der Waals surface area contributed by atoms with Gasteiger partial charge in [-0.05, 0) is 57.4 Å². The molecule has 3 aromatic rings. The van der Waals surface area contributed by atoms with Crippen molar-refractivity contribution in [3.8, 4) is 22.8 Å². The van der Waals surface area contributed by atoms with E-state index in [2.05, 4.69) is 17.1 Å². The van der Waals surface area contributed by atoms with Gasteiger partial charge in [-0.1, -0.05) is 0 Å². The first-order valence-electron chi connectivity index (χ1n) is 11.2. The smallest absolute Gasteiger partial charge is 0.150 e. The van der Waals surface area contributed by atoms with Gasteiger partial charge in [-0.15, -0.1) is 0 Å². The summed E-state index contributed by atoms with van der Waals surface area (Å²) in [6.45, 7) is 5.99. The minimum absolute atomic E-state index is 0.0210. The Hall–Kier alpha value is -2.64. The molecule has 1 aromatic carbocycles. The first-order valence-corrected chi connectivity index (χ1v) is 11.2. The van der Waals surface area contributed by atoms with Crippen LogP contribution in [0.1, 0.15) is 45.8 Å². The molecule has 0 amide bonds. The van der Waals surface area contributed by atoms with Crippen molar-refractivity contribution in [2.45, 2.75) is 58.0 Å². The van der Waals surface area contributed by atoms with Gasteiger partial charge in [0.05, 0.1) is 31.0 Å². The van der Waals surface area contributed by atoms with E-state index in [1.165, 1.54) is 0 Å². The number of pyridine rings is 1. The Morgan fingerprint density at radius 1 is 0.935 bits per heavy atom. The van der Waals surface area contributed by atoms with Crippen LogP contribution < -0.4 is 9.47 Å². The predicted octanol–water partition coefficient (Wildman–Crippen LogP) is 4.75. The Kier molecular flexibility index (Phi) is 5.78. The zero-order valence-electron chi connectivity index (χ0n) is 18.1. The standard InChI is InChI=1S/C24H29N3O4/c1-16-8-10-28-15-17(2)31-19-6-7-22-21(12-19)24(18-11-20(30-16)14-25-13-18)26-27(22)23-5-3-4-9-29-23/h6-7,11-14,16-17,23H,3-5,8-10,15H2,1-2H3/t16-,17-,23?/m0/s1. The third-order valence-electron chi connectivity index (χ3n) is 5.79. The number of nitrogens with zero attached hydrogens (tertiary/aromatic N) is 3. The van der Waals surface area contributed by atoms with Crippen molar-refractivity contribution in [1.82, 2.24) is 14.8 Å². The fraction of sp³-hybridized carbons (Fsp3) is 0.500. The Morgan fingerprint density at radius 2 is 1.84 bits per heavy atom. The molecule has 0 saturated carbocycles. The highest BCUT2D eigenvalue weighted by molar-refractivity contribution is 5.94. The minimum Gasteiger partial charge on any atom is -0.489 e. The van der Waals surface area contributed by atoms with E-state index in [0.29, 0.717) is 13.2 Å². The summed E-state index contributed by atoms with van der Waals surface area (Å²) in [7, 11) is 0. The molecule has 3 atom stereocenters.